The van der Waals surface area contributed by atoms with E-state index in [1.165, 1.54) is 35.2 Å². The van der Waals surface area contributed by atoms with Crippen molar-refractivity contribution < 1.29 is 14.3 Å². The Hall–Kier alpha value is -4.96. The van der Waals surface area contributed by atoms with E-state index >= 15 is 0 Å². The molecular weight excluding hydrogens is 535 g/mol. The van der Waals surface area contributed by atoms with Gasteiger partial charge in [-0.1, -0.05) is 67.9 Å². The third kappa shape index (κ3) is 5.24. The molecule has 0 radical (unpaired) electrons. The molecule has 6 rings (SSSR count). The molecule has 2 N–H and O–H groups in total. The van der Waals surface area contributed by atoms with Gasteiger partial charge in [0.25, 0.3) is 5.56 Å². The Morgan fingerprint density at radius 3 is 2.52 bits per heavy atom. The Kier molecular flexibility index (Phi) is 7.45. The maximum atomic E-state index is 14.1. The van der Waals surface area contributed by atoms with E-state index in [2.05, 4.69) is 20.6 Å². The van der Waals surface area contributed by atoms with Crippen molar-refractivity contribution >= 4 is 17.4 Å². The summed E-state index contributed by atoms with van der Waals surface area (Å²) in [6.07, 6.45) is 2.19. The molecule has 42 heavy (non-hydrogen) atoms. The minimum absolute atomic E-state index is 0.0746. The highest BCUT2D eigenvalue weighted by atomic mass is 19.1. The second-order valence-corrected chi connectivity index (χ2v) is 10.3. The molecule has 0 spiro atoms. The van der Waals surface area contributed by atoms with Crippen molar-refractivity contribution in [1.82, 2.24) is 24.6 Å². The summed E-state index contributed by atoms with van der Waals surface area (Å²) < 4.78 is 16.6. The van der Waals surface area contributed by atoms with E-state index in [-0.39, 0.29) is 24.4 Å². The first-order chi connectivity index (χ1) is 20.4. The van der Waals surface area contributed by atoms with Gasteiger partial charge in [0, 0.05) is 17.5 Å². The summed E-state index contributed by atoms with van der Waals surface area (Å²) in [4.78, 5) is 30.5. The van der Waals surface area contributed by atoms with Crippen molar-refractivity contribution in [2.45, 2.75) is 45.3 Å². The number of fused-ring (bicyclic) bond motifs is 1. The molecule has 1 amide bonds. The van der Waals surface area contributed by atoms with E-state index in [0.29, 0.717) is 35.5 Å². The van der Waals surface area contributed by atoms with Gasteiger partial charge >= 0.3 is 0 Å². The largest absolute Gasteiger partial charge is 0.387 e. The topological polar surface area (TPSA) is 114 Å². The number of aryl methyl sites for hydroxylation is 1. The molecule has 0 bridgehead atoms. The predicted octanol–water partition coefficient (Wildman–Crippen LogP) is 4.20. The molecule has 5 aromatic rings. The van der Waals surface area contributed by atoms with Gasteiger partial charge in [-0.3, -0.25) is 14.2 Å². The van der Waals surface area contributed by atoms with Crippen LogP contribution in [0.2, 0.25) is 0 Å². The monoisotopic (exact) mass is 564 g/mol. The van der Waals surface area contributed by atoms with Gasteiger partial charge in [-0.15, -0.1) is 0 Å². The van der Waals surface area contributed by atoms with Crippen molar-refractivity contribution in [2.75, 3.05) is 0 Å². The molecule has 9 nitrogen and oxygen atoms in total. The second-order valence-electron chi connectivity index (χ2n) is 10.3. The molecule has 2 aromatic heterocycles. The molecule has 0 saturated carbocycles. The number of amides is 1. The van der Waals surface area contributed by atoms with Crippen LogP contribution in [0, 0.1) is 5.82 Å². The van der Waals surface area contributed by atoms with Crippen LogP contribution in [0.5, 0.6) is 0 Å². The van der Waals surface area contributed by atoms with Crippen LogP contribution in [0.25, 0.3) is 16.9 Å². The zero-order valence-corrected chi connectivity index (χ0v) is 23.0. The van der Waals surface area contributed by atoms with Crippen LogP contribution in [0.1, 0.15) is 53.8 Å². The van der Waals surface area contributed by atoms with E-state index < -0.39 is 11.9 Å². The predicted molar refractivity (Wildman–Crippen MR) is 157 cm³/mol. The molecule has 1 atom stereocenters. The number of hydrogen-bond acceptors (Lipinski definition) is 6. The maximum Gasteiger partial charge on any atom is 0.258 e. The van der Waals surface area contributed by atoms with Crippen LogP contribution >= 0.6 is 0 Å². The fourth-order valence-corrected chi connectivity index (χ4v) is 5.44. The Morgan fingerprint density at radius 1 is 1.02 bits per heavy atom. The van der Waals surface area contributed by atoms with Gasteiger partial charge in [-0.25, -0.2) is 14.3 Å². The van der Waals surface area contributed by atoms with Gasteiger partial charge < -0.3 is 5.11 Å². The van der Waals surface area contributed by atoms with Gasteiger partial charge in [-0.05, 0) is 46.9 Å². The SMILES string of the molecule is CCCc1c(Cc2ccc(-c3ccccc3)c(C3=NNC(=O)C3)c2)c(=O)n(CC(O)c2ccc(F)cc2)c2ncnn12. The zero-order chi connectivity index (χ0) is 29.2. The van der Waals surface area contributed by atoms with Gasteiger partial charge in [0.2, 0.25) is 11.7 Å². The summed E-state index contributed by atoms with van der Waals surface area (Å²) in [5, 5.41) is 19.7. The van der Waals surface area contributed by atoms with Gasteiger partial charge in [-0.2, -0.15) is 15.2 Å². The van der Waals surface area contributed by atoms with Crippen molar-refractivity contribution in [2.24, 2.45) is 5.10 Å². The van der Waals surface area contributed by atoms with E-state index in [1.54, 1.807) is 4.52 Å². The molecule has 1 aliphatic rings. The van der Waals surface area contributed by atoms with E-state index in [9.17, 15) is 19.1 Å². The lowest BCUT2D eigenvalue weighted by molar-refractivity contribution is -0.119. The summed E-state index contributed by atoms with van der Waals surface area (Å²) in [5.41, 5.74) is 8.32. The lowest BCUT2D eigenvalue weighted by Gasteiger charge is -2.18. The molecule has 0 fully saturated rings. The molecule has 0 saturated heterocycles. The fourth-order valence-electron chi connectivity index (χ4n) is 5.44. The Morgan fingerprint density at radius 2 is 1.81 bits per heavy atom. The zero-order valence-electron chi connectivity index (χ0n) is 23.0. The number of aliphatic hydroxyl groups excluding tert-OH is 1. The molecule has 3 aromatic carbocycles. The van der Waals surface area contributed by atoms with Gasteiger partial charge in [0.15, 0.2) is 0 Å². The van der Waals surface area contributed by atoms with Crippen LogP contribution in [-0.4, -0.2) is 35.9 Å². The first-order valence-corrected chi connectivity index (χ1v) is 13.8. The highest BCUT2D eigenvalue weighted by Crippen LogP contribution is 2.28. The second kappa shape index (κ2) is 11.5. The number of carbonyl (C=O) groups is 1. The minimum atomic E-state index is -1.06. The lowest BCUT2D eigenvalue weighted by atomic mass is 9.91. The molecular formula is C32H29FN6O3. The number of nitrogens with zero attached hydrogens (tertiary/aromatic N) is 5. The Balaban J connectivity index is 1.45. The third-order valence-electron chi connectivity index (χ3n) is 7.48. The number of benzene rings is 3. The molecule has 1 aliphatic heterocycles. The van der Waals surface area contributed by atoms with Crippen LogP contribution in [-0.2, 0) is 24.2 Å². The summed E-state index contributed by atoms with van der Waals surface area (Å²) in [6.45, 7) is 1.96. The lowest BCUT2D eigenvalue weighted by Crippen LogP contribution is -2.31. The number of carbonyl (C=O) groups excluding carboxylic acids is 1. The standard InChI is InChI=1S/C32H29FN6O3/c1-2-6-28-26(31(42)38(32-34-19-35-39(28)32)18-29(40)22-10-12-23(33)13-11-22)16-20-9-14-24(21-7-4-3-5-8-21)25(15-20)27-17-30(41)37-36-27/h3-5,7-15,19,29,40H,2,6,16-18H2,1H3,(H,37,41). The van der Waals surface area contributed by atoms with Crippen LogP contribution in [0.3, 0.4) is 0 Å². The van der Waals surface area contributed by atoms with Crippen LogP contribution in [0.4, 0.5) is 4.39 Å². The number of rotatable bonds is 9. The molecule has 3 heterocycles. The van der Waals surface area contributed by atoms with Gasteiger partial charge in [0.1, 0.15) is 12.1 Å². The number of hydrogen-bond donors (Lipinski definition) is 2. The first-order valence-electron chi connectivity index (χ1n) is 13.8. The van der Waals surface area contributed by atoms with Crippen LogP contribution < -0.4 is 11.0 Å². The quantitative estimate of drug-likeness (QED) is 0.279. The van der Waals surface area contributed by atoms with Crippen molar-refractivity contribution in [3.63, 3.8) is 0 Å². The summed E-state index contributed by atoms with van der Waals surface area (Å²) in [5.74, 6) is -0.243. The maximum absolute atomic E-state index is 14.1. The highest BCUT2D eigenvalue weighted by molar-refractivity contribution is 6.16. The summed E-state index contributed by atoms with van der Waals surface area (Å²) in [6, 6.07) is 21.4. The number of aromatic nitrogens is 4. The first kappa shape index (κ1) is 27.2. The van der Waals surface area contributed by atoms with Crippen molar-refractivity contribution in [1.29, 1.82) is 0 Å². The number of aliphatic hydroxyl groups is 1. The summed E-state index contributed by atoms with van der Waals surface area (Å²) >= 11 is 0. The fraction of sp³-hybridized carbons (Fsp3) is 0.219. The molecule has 0 aliphatic carbocycles. The number of hydrazone groups is 1. The van der Waals surface area contributed by atoms with E-state index in [1.807, 2.05) is 55.5 Å². The molecule has 1 unspecified atom stereocenters. The van der Waals surface area contributed by atoms with Gasteiger partial charge in [0.05, 0.1) is 30.5 Å². The average Bonchev–Trinajstić information content (AvgIpc) is 3.67. The minimum Gasteiger partial charge on any atom is -0.387 e. The number of halogens is 1. The molecule has 212 valence electrons. The van der Waals surface area contributed by atoms with E-state index in [0.717, 1.165) is 34.4 Å². The van der Waals surface area contributed by atoms with Crippen molar-refractivity contribution in [3.8, 4) is 11.1 Å². The number of nitrogens with one attached hydrogen (secondary N) is 1. The highest BCUT2D eigenvalue weighted by Gasteiger charge is 2.23. The average molecular weight is 565 g/mol. The normalized spacial score (nSPS) is 13.8. The van der Waals surface area contributed by atoms with Crippen LogP contribution in [0.15, 0.2) is 89.0 Å². The van der Waals surface area contributed by atoms with E-state index in [4.69, 9.17) is 0 Å². The Bertz CT molecular complexity index is 1860. The smallest absolute Gasteiger partial charge is 0.258 e. The van der Waals surface area contributed by atoms with Crippen molar-refractivity contribution in [3.05, 3.63) is 123 Å². The summed E-state index contributed by atoms with van der Waals surface area (Å²) in [7, 11) is 0. The Labute approximate surface area is 241 Å². The molecule has 10 heteroatoms. The third-order valence-corrected chi connectivity index (χ3v) is 7.48.